The van der Waals surface area contributed by atoms with Crippen LogP contribution in [0.4, 0.5) is 4.79 Å². The van der Waals surface area contributed by atoms with Crippen molar-refractivity contribution in [2.75, 3.05) is 18.8 Å². The number of Topliss-reactive ketones (excluding diaryl/α,β-unsaturated/α-hetero) is 1. The Balaban J connectivity index is 1.39. The fourth-order valence-electron chi connectivity index (χ4n) is 9.17. The normalized spacial score (nSPS) is 29.4. The van der Waals surface area contributed by atoms with Crippen LogP contribution in [0.15, 0.2) is 12.7 Å². The van der Waals surface area contributed by atoms with Crippen molar-refractivity contribution in [1.29, 1.82) is 0 Å². The number of hydrogen-bond acceptors (Lipinski definition) is 7. The van der Waals surface area contributed by atoms with Gasteiger partial charge in [-0.15, -0.1) is 6.58 Å². The Morgan fingerprint density at radius 2 is 1.60 bits per heavy atom. The summed E-state index contributed by atoms with van der Waals surface area (Å²) < 4.78 is 25.9. The van der Waals surface area contributed by atoms with E-state index in [2.05, 4.69) is 27.8 Å². The summed E-state index contributed by atoms with van der Waals surface area (Å²) >= 11 is 0. The third-order valence-corrected chi connectivity index (χ3v) is 15.5. The molecule has 1 aliphatic heterocycles. The first kappa shape index (κ1) is 40.2. The number of rotatable bonds is 15. The Labute approximate surface area is 310 Å². The predicted octanol–water partition coefficient (Wildman–Crippen LogP) is 4.04. The van der Waals surface area contributed by atoms with Gasteiger partial charge < -0.3 is 26.2 Å². The second-order valence-electron chi connectivity index (χ2n) is 18.3. The molecule has 292 valence electrons. The van der Waals surface area contributed by atoms with Gasteiger partial charge in [-0.1, -0.05) is 59.0 Å². The summed E-state index contributed by atoms with van der Waals surface area (Å²) in [5, 5.41) is 11.6. The molecule has 0 aromatic heterocycles. The van der Waals surface area contributed by atoms with E-state index in [-0.39, 0.29) is 36.0 Å². The molecule has 4 N–H and O–H groups in total. The van der Waals surface area contributed by atoms with Crippen molar-refractivity contribution in [3.63, 3.8) is 0 Å². The number of nitrogens with zero attached hydrogens (tertiary/aromatic N) is 1. The Hall–Kier alpha value is -2.96. The molecule has 12 nitrogen and oxygen atoms in total. The minimum Gasteiger partial charge on any atom is -0.346 e. The van der Waals surface area contributed by atoms with Crippen molar-refractivity contribution in [3.8, 4) is 0 Å². The molecule has 5 amide bonds. The SMILES string of the molecule is C=CCNC(=O)C(=O)C(CC1CC1)NC(=O)[C@@H]1C(C(C)C)CCN1C(=O)[C@@H](NC(=O)NC1(CS(=O)(=O)C(C)(C)C)C[C@H]2C[C@H]2C1)C1(C)CCCCC1. The average Bonchev–Trinajstić information content (AvgIpc) is 3.94. The van der Waals surface area contributed by atoms with Gasteiger partial charge in [0.1, 0.15) is 12.1 Å². The Kier molecular flexibility index (Phi) is 11.9. The molecule has 1 heterocycles. The van der Waals surface area contributed by atoms with Gasteiger partial charge in [0.05, 0.1) is 22.1 Å². The van der Waals surface area contributed by atoms with Gasteiger partial charge in [-0.2, -0.15) is 0 Å². The van der Waals surface area contributed by atoms with Gasteiger partial charge in [-0.25, -0.2) is 13.2 Å². The molecular weight excluding hydrogens is 683 g/mol. The van der Waals surface area contributed by atoms with E-state index in [1.54, 1.807) is 25.7 Å². The minimum absolute atomic E-state index is 0.0421. The topological polar surface area (TPSA) is 171 Å². The van der Waals surface area contributed by atoms with Crippen LogP contribution in [-0.2, 0) is 29.0 Å². The third kappa shape index (κ3) is 9.04. The average molecular weight is 746 g/mol. The van der Waals surface area contributed by atoms with Gasteiger partial charge >= 0.3 is 6.03 Å². The molecule has 0 spiro atoms. The molecule has 4 saturated carbocycles. The lowest BCUT2D eigenvalue weighted by molar-refractivity contribution is -0.145. The molecule has 0 bridgehead atoms. The quantitative estimate of drug-likeness (QED) is 0.145. The number of urea groups is 1. The summed E-state index contributed by atoms with van der Waals surface area (Å²) in [6, 6.07) is -3.40. The van der Waals surface area contributed by atoms with Crippen molar-refractivity contribution in [1.82, 2.24) is 26.2 Å². The summed E-state index contributed by atoms with van der Waals surface area (Å²) in [4.78, 5) is 70.8. The Morgan fingerprint density at radius 1 is 0.962 bits per heavy atom. The highest BCUT2D eigenvalue weighted by Gasteiger charge is 2.57. The van der Waals surface area contributed by atoms with Gasteiger partial charge in [0.15, 0.2) is 9.84 Å². The van der Waals surface area contributed by atoms with E-state index >= 15 is 0 Å². The Morgan fingerprint density at radius 3 is 2.15 bits per heavy atom. The molecule has 7 atom stereocenters. The largest absolute Gasteiger partial charge is 0.346 e. The van der Waals surface area contributed by atoms with Crippen molar-refractivity contribution < 1.29 is 32.4 Å². The molecule has 4 aliphatic carbocycles. The number of carbonyl (C=O) groups excluding carboxylic acids is 5. The molecule has 3 unspecified atom stereocenters. The van der Waals surface area contributed by atoms with E-state index in [0.29, 0.717) is 56.9 Å². The maximum Gasteiger partial charge on any atom is 0.315 e. The first-order valence-electron chi connectivity index (χ1n) is 19.6. The molecule has 0 aromatic carbocycles. The van der Waals surface area contributed by atoms with Crippen LogP contribution in [0.5, 0.6) is 0 Å². The molecule has 5 fully saturated rings. The first-order valence-corrected chi connectivity index (χ1v) is 21.3. The molecule has 0 aromatic rings. The summed E-state index contributed by atoms with van der Waals surface area (Å²) in [6.07, 6.45) is 10.8. The van der Waals surface area contributed by atoms with Crippen LogP contribution in [0.1, 0.15) is 119 Å². The van der Waals surface area contributed by atoms with Crippen LogP contribution in [0.3, 0.4) is 0 Å². The number of ketones is 1. The first-order chi connectivity index (χ1) is 24.3. The highest BCUT2D eigenvalue weighted by Crippen LogP contribution is 2.56. The monoisotopic (exact) mass is 745 g/mol. The fraction of sp³-hybridized carbons (Fsp3) is 0.821. The lowest BCUT2D eigenvalue weighted by atomic mass is 9.70. The van der Waals surface area contributed by atoms with Gasteiger partial charge in [-0.05, 0) is 101 Å². The maximum atomic E-state index is 14.9. The number of fused-ring (bicyclic) bond motifs is 1. The van der Waals surface area contributed by atoms with E-state index in [1.165, 1.54) is 6.08 Å². The van der Waals surface area contributed by atoms with Crippen molar-refractivity contribution in [3.05, 3.63) is 12.7 Å². The van der Waals surface area contributed by atoms with Gasteiger partial charge in [0.2, 0.25) is 17.6 Å². The van der Waals surface area contributed by atoms with Crippen LogP contribution >= 0.6 is 0 Å². The molecular formula is C39H63N5O7S. The van der Waals surface area contributed by atoms with E-state index in [0.717, 1.165) is 38.5 Å². The molecule has 5 aliphatic rings. The van der Waals surface area contributed by atoms with Gasteiger partial charge in [0, 0.05) is 13.1 Å². The molecule has 5 rings (SSSR count). The zero-order valence-corrected chi connectivity index (χ0v) is 33.0. The summed E-state index contributed by atoms with van der Waals surface area (Å²) in [6.45, 7) is 15.1. The highest BCUT2D eigenvalue weighted by molar-refractivity contribution is 7.92. The number of sulfone groups is 1. The minimum atomic E-state index is -3.56. The van der Waals surface area contributed by atoms with Gasteiger partial charge in [-0.3, -0.25) is 19.2 Å². The number of likely N-dealkylation sites (tertiary alicyclic amines) is 1. The van der Waals surface area contributed by atoms with E-state index in [4.69, 9.17) is 0 Å². The standard InChI is InChI=1S/C39H63N5O7S/c1-8-17-40-34(47)31(45)29(19-25-12-13-25)41-33(46)30-28(24(2)3)14-18-44(30)35(48)32(38(7)15-10-9-11-16-38)42-36(49)43-39(21-26-20-27(26)22-39)23-52(50,51)37(4,5)6/h8,24-30,32H,1,9-23H2,2-7H3,(H,40,47)(H,41,46)(H2,42,43,49)/t26-,27+,28?,29?,30-,32+,39?/m0/s1. The van der Waals surface area contributed by atoms with Crippen LogP contribution in [0.25, 0.3) is 0 Å². The number of carbonyl (C=O) groups is 5. The zero-order chi connectivity index (χ0) is 38.2. The molecule has 52 heavy (non-hydrogen) atoms. The molecule has 0 radical (unpaired) electrons. The number of nitrogens with one attached hydrogen (secondary N) is 4. The zero-order valence-electron chi connectivity index (χ0n) is 32.2. The lowest BCUT2D eigenvalue weighted by Crippen LogP contribution is -2.64. The van der Waals surface area contributed by atoms with E-state index in [1.807, 2.05) is 20.8 Å². The fourth-order valence-corrected chi connectivity index (χ4v) is 10.6. The predicted molar refractivity (Wildman–Crippen MR) is 200 cm³/mol. The van der Waals surface area contributed by atoms with Crippen LogP contribution in [0, 0.1) is 35.0 Å². The summed E-state index contributed by atoms with van der Waals surface area (Å²) in [5.74, 6) is -1.58. The van der Waals surface area contributed by atoms with Crippen LogP contribution in [-0.4, -0.2) is 90.1 Å². The molecule has 13 heteroatoms. The second-order valence-corrected chi connectivity index (χ2v) is 21.1. The summed E-state index contributed by atoms with van der Waals surface area (Å²) in [5.41, 5.74) is -1.50. The van der Waals surface area contributed by atoms with Crippen molar-refractivity contribution >= 4 is 39.4 Å². The smallest absolute Gasteiger partial charge is 0.315 e. The summed E-state index contributed by atoms with van der Waals surface area (Å²) in [7, 11) is -3.56. The number of hydrogen-bond donors (Lipinski definition) is 4. The third-order valence-electron chi connectivity index (χ3n) is 12.8. The van der Waals surface area contributed by atoms with Crippen LogP contribution in [0.2, 0.25) is 0 Å². The number of amides is 5. The van der Waals surface area contributed by atoms with Crippen molar-refractivity contribution in [2.45, 2.75) is 147 Å². The van der Waals surface area contributed by atoms with E-state index in [9.17, 15) is 32.4 Å². The van der Waals surface area contributed by atoms with Crippen molar-refractivity contribution in [2.24, 2.45) is 35.0 Å². The second kappa shape index (κ2) is 15.4. The Bertz CT molecular complexity index is 1500. The van der Waals surface area contributed by atoms with Gasteiger partial charge in [0.25, 0.3) is 5.91 Å². The highest BCUT2D eigenvalue weighted by atomic mass is 32.2. The van der Waals surface area contributed by atoms with E-state index < -0.39 is 67.3 Å². The lowest BCUT2D eigenvalue weighted by Gasteiger charge is -2.43. The maximum absolute atomic E-state index is 14.9. The molecule has 1 saturated heterocycles. The van der Waals surface area contributed by atoms with Crippen LogP contribution < -0.4 is 21.3 Å².